The van der Waals surface area contributed by atoms with Crippen molar-refractivity contribution in [2.75, 3.05) is 38.8 Å². The predicted molar refractivity (Wildman–Crippen MR) is 116 cm³/mol. The Hall–Kier alpha value is -2.84. The molecule has 3 heterocycles. The van der Waals surface area contributed by atoms with Crippen molar-refractivity contribution in [3.63, 3.8) is 0 Å². The summed E-state index contributed by atoms with van der Waals surface area (Å²) in [5.41, 5.74) is 4.37. The molecule has 0 fully saturated rings. The van der Waals surface area contributed by atoms with E-state index in [1.807, 2.05) is 18.2 Å². The number of aromatic nitrogens is 1. The van der Waals surface area contributed by atoms with Gasteiger partial charge in [-0.25, -0.2) is 0 Å². The molecule has 0 amide bonds. The monoisotopic (exact) mass is 426 g/mol. The number of nitrogens with one attached hydrogen (secondary N) is 1. The van der Waals surface area contributed by atoms with Gasteiger partial charge < -0.3 is 28.2 Å². The number of hydrogen-bond acceptors (Lipinski definition) is 8. The molecule has 7 nitrogen and oxygen atoms in total. The number of ether oxygens (including phenoxy) is 4. The molecule has 0 unspecified atom stereocenters. The first-order valence-corrected chi connectivity index (χ1v) is 10.6. The van der Waals surface area contributed by atoms with Crippen molar-refractivity contribution in [2.24, 2.45) is 0 Å². The minimum atomic E-state index is 0.619. The van der Waals surface area contributed by atoms with Crippen molar-refractivity contribution in [2.45, 2.75) is 17.7 Å². The molecule has 2 aromatic carbocycles. The Morgan fingerprint density at radius 1 is 1.10 bits per heavy atom. The van der Waals surface area contributed by atoms with Gasteiger partial charge in [-0.3, -0.25) is 0 Å². The van der Waals surface area contributed by atoms with Gasteiger partial charge in [-0.1, -0.05) is 17.3 Å². The number of anilines is 1. The molecular weight excluding hydrogens is 404 g/mol. The highest BCUT2D eigenvalue weighted by molar-refractivity contribution is 8.00. The molecule has 0 aliphatic carbocycles. The summed E-state index contributed by atoms with van der Waals surface area (Å²) in [4.78, 5) is 0.834. The van der Waals surface area contributed by atoms with Gasteiger partial charge in [0.25, 0.3) is 0 Å². The Labute approximate surface area is 178 Å². The Balaban J connectivity index is 1.52. The van der Waals surface area contributed by atoms with Gasteiger partial charge in [0.2, 0.25) is 0 Å². The lowest BCUT2D eigenvalue weighted by atomic mass is 9.93. The molecule has 0 bridgehead atoms. The van der Waals surface area contributed by atoms with Crippen LogP contribution in [-0.2, 0) is 11.2 Å². The van der Waals surface area contributed by atoms with Gasteiger partial charge in [0.05, 0.1) is 34.0 Å². The fraction of sp³-hybridized carbons (Fsp3) is 0.318. The van der Waals surface area contributed by atoms with Gasteiger partial charge in [0.1, 0.15) is 27.5 Å². The summed E-state index contributed by atoms with van der Waals surface area (Å²) in [5.74, 6) is 2.91. The normalized spacial score (nSPS) is 15.5. The van der Waals surface area contributed by atoms with Crippen molar-refractivity contribution in [1.82, 2.24) is 5.16 Å². The molecule has 2 aliphatic rings. The van der Waals surface area contributed by atoms with Crippen molar-refractivity contribution >= 4 is 34.3 Å². The first kappa shape index (κ1) is 19.1. The third kappa shape index (κ3) is 3.26. The first-order chi connectivity index (χ1) is 14.8. The molecular formula is C22H22N2O5S. The van der Waals surface area contributed by atoms with E-state index in [4.69, 9.17) is 23.5 Å². The molecule has 3 aromatic rings. The summed E-state index contributed by atoms with van der Waals surface area (Å²) in [6.45, 7) is 2.03. The van der Waals surface area contributed by atoms with Gasteiger partial charge in [-0.15, -0.1) is 0 Å². The number of fused-ring (bicyclic) bond motifs is 3. The number of benzene rings is 2. The average molecular weight is 426 g/mol. The van der Waals surface area contributed by atoms with Crippen LogP contribution in [0.25, 0.3) is 16.5 Å². The van der Waals surface area contributed by atoms with E-state index in [1.165, 1.54) is 28.6 Å². The highest BCUT2D eigenvalue weighted by Crippen LogP contribution is 2.45. The zero-order valence-electron chi connectivity index (χ0n) is 16.8. The first-order valence-electron chi connectivity index (χ1n) is 9.79. The maximum absolute atomic E-state index is 6.03. The van der Waals surface area contributed by atoms with E-state index in [0.29, 0.717) is 24.6 Å². The molecule has 0 saturated carbocycles. The number of nitrogens with zero attached hydrogens (tertiary/aromatic N) is 1. The summed E-state index contributed by atoms with van der Waals surface area (Å²) in [5, 5.41) is 5.13. The van der Waals surface area contributed by atoms with Crippen LogP contribution in [0.5, 0.6) is 17.2 Å². The van der Waals surface area contributed by atoms with E-state index in [0.717, 1.165) is 47.0 Å². The van der Waals surface area contributed by atoms with Gasteiger partial charge >= 0.3 is 0 Å². The minimum absolute atomic E-state index is 0.619. The Bertz CT molecular complexity index is 1100. The molecule has 0 spiro atoms. The fourth-order valence-corrected chi connectivity index (χ4v) is 4.76. The maximum Gasteiger partial charge on any atom is 0.191 e. The fourth-order valence-electron chi connectivity index (χ4n) is 3.92. The highest BCUT2D eigenvalue weighted by Gasteiger charge is 2.27. The van der Waals surface area contributed by atoms with Gasteiger partial charge in [-0.2, -0.15) is 0 Å². The van der Waals surface area contributed by atoms with Crippen LogP contribution in [0.3, 0.4) is 0 Å². The second-order valence-electron chi connectivity index (χ2n) is 6.98. The van der Waals surface area contributed by atoms with Gasteiger partial charge in [-0.05, 0) is 47.7 Å². The molecule has 0 saturated heterocycles. The molecule has 0 radical (unpaired) electrons. The SMILES string of the molecule is COc1cccc(OC)c1SNc1noc2cc(C3=CCOCC3)c3c(c12)OCC3. The van der Waals surface area contributed by atoms with Gasteiger partial charge in [0, 0.05) is 12.0 Å². The highest BCUT2D eigenvalue weighted by atomic mass is 32.2. The largest absolute Gasteiger partial charge is 0.495 e. The lowest BCUT2D eigenvalue weighted by molar-refractivity contribution is 0.161. The van der Waals surface area contributed by atoms with E-state index in [1.54, 1.807) is 14.2 Å². The number of rotatable bonds is 6. The summed E-state index contributed by atoms with van der Waals surface area (Å²) in [6, 6.07) is 7.75. The van der Waals surface area contributed by atoms with Crippen molar-refractivity contribution in [3.8, 4) is 17.2 Å². The van der Waals surface area contributed by atoms with Crippen LogP contribution >= 0.6 is 11.9 Å². The summed E-state index contributed by atoms with van der Waals surface area (Å²) in [6.07, 6.45) is 3.90. The molecule has 5 rings (SSSR count). The predicted octanol–water partition coefficient (Wildman–Crippen LogP) is 4.70. The molecule has 2 aliphatic heterocycles. The minimum Gasteiger partial charge on any atom is -0.495 e. The van der Waals surface area contributed by atoms with Crippen molar-refractivity contribution < 1.29 is 23.5 Å². The molecule has 8 heteroatoms. The Kier molecular flexibility index (Phi) is 5.18. The van der Waals surface area contributed by atoms with Crippen LogP contribution < -0.4 is 18.9 Å². The molecule has 156 valence electrons. The number of hydrogen-bond donors (Lipinski definition) is 1. The van der Waals surface area contributed by atoms with Crippen LogP contribution in [0.1, 0.15) is 17.5 Å². The van der Waals surface area contributed by atoms with Crippen LogP contribution in [0.2, 0.25) is 0 Å². The molecule has 1 N–H and O–H groups in total. The Morgan fingerprint density at radius 3 is 2.67 bits per heavy atom. The molecule has 30 heavy (non-hydrogen) atoms. The van der Waals surface area contributed by atoms with E-state index in [9.17, 15) is 0 Å². The van der Waals surface area contributed by atoms with E-state index in [2.05, 4.69) is 22.0 Å². The van der Waals surface area contributed by atoms with Gasteiger partial charge in [0.15, 0.2) is 11.4 Å². The number of methoxy groups -OCH3 is 2. The second kappa shape index (κ2) is 8.12. The molecule has 0 atom stereocenters. The Morgan fingerprint density at radius 2 is 1.93 bits per heavy atom. The van der Waals surface area contributed by atoms with E-state index >= 15 is 0 Å². The zero-order valence-corrected chi connectivity index (χ0v) is 17.6. The average Bonchev–Trinajstić information content (AvgIpc) is 3.44. The third-order valence-electron chi connectivity index (χ3n) is 5.36. The van der Waals surface area contributed by atoms with Crippen molar-refractivity contribution in [3.05, 3.63) is 41.5 Å². The third-order valence-corrected chi connectivity index (χ3v) is 6.26. The summed E-state index contributed by atoms with van der Waals surface area (Å²) in [7, 11) is 3.27. The van der Waals surface area contributed by atoms with Crippen LogP contribution in [0.4, 0.5) is 5.82 Å². The second-order valence-corrected chi connectivity index (χ2v) is 7.80. The lowest BCUT2D eigenvalue weighted by Gasteiger charge is -2.16. The van der Waals surface area contributed by atoms with Crippen molar-refractivity contribution in [1.29, 1.82) is 0 Å². The smallest absolute Gasteiger partial charge is 0.191 e. The van der Waals surface area contributed by atoms with Crippen LogP contribution in [0, 0.1) is 0 Å². The summed E-state index contributed by atoms with van der Waals surface area (Å²) >= 11 is 1.37. The standard InChI is InChI=1S/C22H22N2O5S/c1-25-16-4-3-5-17(26-2)21(16)30-24-22-19-18(29-23-22)12-15(13-6-9-27-10-7-13)14-8-11-28-20(14)19/h3-6,12H,7-11H2,1-2H3,(H,23,24). The lowest BCUT2D eigenvalue weighted by Crippen LogP contribution is -2.05. The van der Waals surface area contributed by atoms with Crippen LogP contribution in [0.15, 0.2) is 39.8 Å². The topological polar surface area (TPSA) is 75.0 Å². The summed E-state index contributed by atoms with van der Waals surface area (Å²) < 4.78 is 31.4. The quantitative estimate of drug-likeness (QED) is 0.569. The zero-order chi connectivity index (χ0) is 20.5. The maximum atomic E-state index is 6.03. The van der Waals surface area contributed by atoms with E-state index in [-0.39, 0.29) is 0 Å². The molecule has 1 aromatic heterocycles. The van der Waals surface area contributed by atoms with E-state index < -0.39 is 0 Å². The van der Waals surface area contributed by atoms with Crippen LogP contribution in [-0.4, -0.2) is 39.2 Å².